The number of nitrogens with zero attached hydrogens (tertiary/aromatic N) is 1. The van der Waals surface area contributed by atoms with E-state index in [1.54, 1.807) is 0 Å². The van der Waals surface area contributed by atoms with Gasteiger partial charge in [0.15, 0.2) is 0 Å². The predicted octanol–water partition coefficient (Wildman–Crippen LogP) is 3.08. The summed E-state index contributed by atoms with van der Waals surface area (Å²) in [5.41, 5.74) is 3.06. The molecule has 2 aromatic rings. The standard InChI is InChI=1S/C20H22ClN3O2/c21-15-3-1-2-14(10-15)6-9-26-17-4-5-18-19(12-17)24-8-7-22-13-16(24)11-20(25)23-18/h1-5,10,12,16,22H,6-9,11,13H2,(H,23,25)/t16-/m0/s1. The minimum Gasteiger partial charge on any atom is -0.493 e. The summed E-state index contributed by atoms with van der Waals surface area (Å²) in [5, 5.41) is 7.13. The van der Waals surface area contributed by atoms with Crippen molar-refractivity contribution >= 4 is 28.9 Å². The minimum absolute atomic E-state index is 0.0667. The third-order valence-electron chi connectivity index (χ3n) is 4.87. The van der Waals surface area contributed by atoms with Crippen LogP contribution >= 0.6 is 11.6 Å². The highest BCUT2D eigenvalue weighted by molar-refractivity contribution is 6.30. The highest BCUT2D eigenvalue weighted by atomic mass is 35.5. The third kappa shape index (κ3) is 3.79. The van der Waals surface area contributed by atoms with Gasteiger partial charge in [-0.1, -0.05) is 23.7 Å². The van der Waals surface area contributed by atoms with Gasteiger partial charge >= 0.3 is 0 Å². The zero-order valence-electron chi connectivity index (χ0n) is 14.5. The van der Waals surface area contributed by atoms with Crippen molar-refractivity contribution in [1.82, 2.24) is 5.32 Å². The summed E-state index contributed by atoms with van der Waals surface area (Å²) < 4.78 is 5.97. The highest BCUT2D eigenvalue weighted by Gasteiger charge is 2.30. The van der Waals surface area contributed by atoms with Gasteiger partial charge in [0, 0.05) is 43.6 Å². The van der Waals surface area contributed by atoms with Gasteiger partial charge in [-0.3, -0.25) is 4.79 Å². The Labute approximate surface area is 158 Å². The van der Waals surface area contributed by atoms with Crippen molar-refractivity contribution in [2.24, 2.45) is 0 Å². The Bertz CT molecular complexity index is 811. The Kier molecular flexibility index (Phi) is 5.00. The first-order valence-electron chi connectivity index (χ1n) is 8.97. The molecule has 0 radical (unpaired) electrons. The molecule has 1 amide bonds. The first kappa shape index (κ1) is 17.2. The number of anilines is 2. The number of ether oxygens (including phenoxy) is 1. The van der Waals surface area contributed by atoms with Crippen molar-refractivity contribution in [2.45, 2.75) is 18.9 Å². The molecule has 2 aliphatic heterocycles. The van der Waals surface area contributed by atoms with E-state index >= 15 is 0 Å². The van der Waals surface area contributed by atoms with Crippen LogP contribution in [0.3, 0.4) is 0 Å². The van der Waals surface area contributed by atoms with Crippen LogP contribution in [-0.4, -0.2) is 38.2 Å². The van der Waals surface area contributed by atoms with Gasteiger partial charge in [-0.2, -0.15) is 0 Å². The van der Waals surface area contributed by atoms with Crippen LogP contribution in [0.2, 0.25) is 5.02 Å². The van der Waals surface area contributed by atoms with Crippen molar-refractivity contribution in [3.63, 3.8) is 0 Å². The molecule has 0 saturated carbocycles. The molecule has 0 bridgehead atoms. The summed E-state index contributed by atoms with van der Waals surface area (Å²) >= 11 is 6.03. The van der Waals surface area contributed by atoms with Gasteiger partial charge in [-0.15, -0.1) is 0 Å². The quantitative estimate of drug-likeness (QED) is 0.867. The summed E-state index contributed by atoms with van der Waals surface area (Å²) in [7, 11) is 0. The smallest absolute Gasteiger partial charge is 0.226 e. The molecule has 26 heavy (non-hydrogen) atoms. The van der Waals surface area contributed by atoms with Gasteiger partial charge in [-0.05, 0) is 29.8 Å². The normalized spacial score (nSPS) is 19.2. The molecule has 6 heteroatoms. The molecule has 0 aliphatic carbocycles. The monoisotopic (exact) mass is 371 g/mol. The van der Waals surface area contributed by atoms with Crippen molar-refractivity contribution in [2.75, 3.05) is 36.5 Å². The summed E-state index contributed by atoms with van der Waals surface area (Å²) in [4.78, 5) is 14.4. The number of hydrogen-bond donors (Lipinski definition) is 2. The maximum absolute atomic E-state index is 12.1. The molecule has 1 atom stereocenters. The lowest BCUT2D eigenvalue weighted by Crippen LogP contribution is -2.51. The zero-order chi connectivity index (χ0) is 17.9. The molecule has 1 saturated heterocycles. The largest absolute Gasteiger partial charge is 0.493 e. The average Bonchev–Trinajstić information content (AvgIpc) is 2.77. The van der Waals surface area contributed by atoms with Crippen molar-refractivity contribution in [1.29, 1.82) is 0 Å². The Hall–Kier alpha value is -2.24. The van der Waals surface area contributed by atoms with Crippen molar-refractivity contribution in [3.05, 3.63) is 53.1 Å². The lowest BCUT2D eigenvalue weighted by atomic mass is 10.1. The first-order valence-corrected chi connectivity index (χ1v) is 9.35. The summed E-state index contributed by atoms with van der Waals surface area (Å²) in [5.74, 6) is 0.885. The molecule has 1 fully saturated rings. The highest BCUT2D eigenvalue weighted by Crippen LogP contribution is 2.35. The van der Waals surface area contributed by atoms with Gasteiger partial charge in [0.25, 0.3) is 0 Å². The molecule has 0 unspecified atom stereocenters. The number of carbonyl (C=O) groups is 1. The van der Waals surface area contributed by atoms with Crippen molar-refractivity contribution in [3.8, 4) is 5.75 Å². The summed E-state index contributed by atoms with van der Waals surface area (Å²) in [6.45, 7) is 3.21. The van der Waals surface area contributed by atoms with Gasteiger partial charge in [-0.25, -0.2) is 0 Å². The zero-order valence-corrected chi connectivity index (χ0v) is 15.3. The van der Waals surface area contributed by atoms with Crippen LogP contribution in [0.1, 0.15) is 12.0 Å². The second-order valence-electron chi connectivity index (χ2n) is 6.71. The molecular formula is C20H22ClN3O2. The molecule has 0 spiro atoms. The molecule has 2 aliphatic rings. The van der Waals surface area contributed by atoms with Gasteiger partial charge < -0.3 is 20.3 Å². The molecule has 0 aromatic heterocycles. The number of carbonyl (C=O) groups excluding carboxylic acids is 1. The van der Waals surface area contributed by atoms with Gasteiger partial charge in [0.05, 0.1) is 24.0 Å². The maximum Gasteiger partial charge on any atom is 0.226 e. The van der Waals surface area contributed by atoms with Crippen LogP contribution in [0.4, 0.5) is 11.4 Å². The second kappa shape index (κ2) is 7.56. The Morgan fingerprint density at radius 3 is 3.04 bits per heavy atom. The maximum atomic E-state index is 12.1. The van der Waals surface area contributed by atoms with E-state index in [1.165, 1.54) is 0 Å². The number of rotatable bonds is 4. The van der Waals surface area contributed by atoms with Crippen molar-refractivity contribution < 1.29 is 9.53 Å². The van der Waals surface area contributed by atoms with E-state index in [-0.39, 0.29) is 11.9 Å². The van der Waals surface area contributed by atoms with E-state index in [2.05, 4.69) is 15.5 Å². The molecule has 2 N–H and O–H groups in total. The van der Waals surface area contributed by atoms with Gasteiger partial charge in [0.1, 0.15) is 5.75 Å². The molecule has 4 rings (SSSR count). The van der Waals surface area contributed by atoms with Crippen LogP contribution in [-0.2, 0) is 11.2 Å². The first-order chi connectivity index (χ1) is 12.7. The lowest BCUT2D eigenvalue weighted by molar-refractivity contribution is -0.116. The number of piperazine rings is 1. The number of amides is 1. The average molecular weight is 372 g/mol. The van der Waals surface area contributed by atoms with Crippen LogP contribution in [0.15, 0.2) is 42.5 Å². The van der Waals surface area contributed by atoms with Gasteiger partial charge in [0.2, 0.25) is 5.91 Å². The summed E-state index contributed by atoms with van der Waals surface area (Å²) in [6, 6.07) is 13.9. The number of benzene rings is 2. The topological polar surface area (TPSA) is 53.6 Å². The van der Waals surface area contributed by atoms with E-state index in [4.69, 9.17) is 16.3 Å². The Balaban J connectivity index is 1.49. The predicted molar refractivity (Wildman–Crippen MR) is 104 cm³/mol. The number of hydrogen-bond acceptors (Lipinski definition) is 4. The van der Waals surface area contributed by atoms with E-state index < -0.39 is 0 Å². The number of fused-ring (bicyclic) bond motifs is 3. The molecule has 136 valence electrons. The Morgan fingerprint density at radius 1 is 1.23 bits per heavy atom. The molecule has 2 aromatic carbocycles. The third-order valence-corrected chi connectivity index (χ3v) is 5.11. The molecule has 2 heterocycles. The van der Waals surface area contributed by atoms with E-state index in [0.29, 0.717) is 13.0 Å². The number of nitrogens with one attached hydrogen (secondary N) is 2. The fourth-order valence-corrected chi connectivity index (χ4v) is 3.81. The van der Waals surface area contributed by atoms with E-state index in [9.17, 15) is 4.79 Å². The van der Waals surface area contributed by atoms with E-state index in [1.807, 2.05) is 42.5 Å². The second-order valence-corrected chi connectivity index (χ2v) is 7.15. The van der Waals surface area contributed by atoms with Crippen LogP contribution in [0, 0.1) is 0 Å². The van der Waals surface area contributed by atoms with Crippen LogP contribution < -0.4 is 20.3 Å². The SMILES string of the molecule is O=C1C[C@H]2CNCCN2c2cc(OCCc3cccc(Cl)c3)ccc2N1. The number of halogens is 1. The summed E-state index contributed by atoms with van der Waals surface area (Å²) in [6.07, 6.45) is 1.30. The molecule has 5 nitrogen and oxygen atoms in total. The Morgan fingerprint density at radius 2 is 2.15 bits per heavy atom. The fourth-order valence-electron chi connectivity index (χ4n) is 3.60. The molecular weight excluding hydrogens is 350 g/mol. The minimum atomic E-state index is 0.0667. The fraction of sp³-hybridized carbons (Fsp3) is 0.350. The lowest BCUT2D eigenvalue weighted by Gasteiger charge is -2.36. The van der Waals surface area contributed by atoms with E-state index in [0.717, 1.165) is 53.8 Å². The van der Waals surface area contributed by atoms with Crippen LogP contribution in [0.25, 0.3) is 0 Å². The van der Waals surface area contributed by atoms with Crippen LogP contribution in [0.5, 0.6) is 5.75 Å².